The summed E-state index contributed by atoms with van der Waals surface area (Å²) >= 11 is 0. The van der Waals surface area contributed by atoms with Gasteiger partial charge in [-0.05, 0) is 31.1 Å². The number of hydrogen-bond donors (Lipinski definition) is 1. The molecular formula is C18H22N2. The first-order valence-electron chi connectivity index (χ1n) is 7.08. The van der Waals surface area contributed by atoms with Gasteiger partial charge in [-0.1, -0.05) is 60.7 Å². The molecule has 0 atom stereocenters. The van der Waals surface area contributed by atoms with Crippen LogP contribution in [0, 0.1) is 13.1 Å². The minimum Gasteiger partial charge on any atom is -0.320 e. The van der Waals surface area contributed by atoms with Gasteiger partial charge in [-0.25, -0.2) is 0 Å². The highest BCUT2D eigenvalue weighted by atomic mass is 15.1. The highest BCUT2D eigenvalue weighted by Crippen LogP contribution is 2.13. The van der Waals surface area contributed by atoms with Crippen molar-refractivity contribution in [2.24, 2.45) is 0 Å². The van der Waals surface area contributed by atoms with Crippen LogP contribution in [0.15, 0.2) is 60.7 Å². The van der Waals surface area contributed by atoms with Gasteiger partial charge in [0.1, 0.15) is 0 Å². The molecule has 0 aliphatic heterocycles. The minimum atomic E-state index is 1.00. The Morgan fingerprint density at radius 3 is 1.80 bits per heavy atom. The van der Waals surface area contributed by atoms with Crippen molar-refractivity contribution in [2.45, 2.75) is 6.42 Å². The molecule has 2 aromatic rings. The highest BCUT2D eigenvalue weighted by Gasteiger charge is 2.07. The summed E-state index contributed by atoms with van der Waals surface area (Å²) in [5.74, 6) is 0. The van der Waals surface area contributed by atoms with Gasteiger partial charge in [-0.3, -0.25) is 4.90 Å². The molecule has 0 spiro atoms. The Morgan fingerprint density at radius 2 is 1.35 bits per heavy atom. The largest absolute Gasteiger partial charge is 0.320 e. The average Bonchev–Trinajstić information content (AvgIpc) is 2.49. The van der Waals surface area contributed by atoms with Crippen molar-refractivity contribution in [3.8, 4) is 0 Å². The van der Waals surface area contributed by atoms with E-state index in [0.29, 0.717) is 0 Å². The van der Waals surface area contributed by atoms with Crippen LogP contribution < -0.4 is 5.32 Å². The van der Waals surface area contributed by atoms with Crippen LogP contribution in [0.3, 0.4) is 0 Å². The van der Waals surface area contributed by atoms with E-state index in [1.165, 1.54) is 11.1 Å². The molecular weight excluding hydrogens is 244 g/mol. The summed E-state index contributed by atoms with van der Waals surface area (Å²) in [5, 5.41) is 3.20. The average molecular weight is 266 g/mol. The van der Waals surface area contributed by atoms with Crippen molar-refractivity contribution in [1.82, 2.24) is 10.2 Å². The van der Waals surface area contributed by atoms with Crippen molar-refractivity contribution < 1.29 is 0 Å². The molecule has 104 valence electrons. The number of nitrogens with zero attached hydrogens (tertiary/aromatic N) is 1. The molecule has 2 nitrogen and oxygen atoms in total. The summed E-state index contributed by atoms with van der Waals surface area (Å²) in [7, 11) is 1.99. The van der Waals surface area contributed by atoms with Crippen LogP contribution in [-0.4, -0.2) is 25.0 Å². The van der Waals surface area contributed by atoms with Gasteiger partial charge < -0.3 is 5.32 Å². The van der Waals surface area contributed by atoms with Crippen LogP contribution >= 0.6 is 0 Å². The van der Waals surface area contributed by atoms with E-state index in [0.717, 1.165) is 19.5 Å². The maximum atomic E-state index is 3.20. The molecule has 2 aromatic carbocycles. The molecule has 0 heterocycles. The number of hydrogen-bond acceptors (Lipinski definition) is 2. The molecule has 0 fully saturated rings. The lowest BCUT2D eigenvalue weighted by molar-refractivity contribution is 0.416. The van der Waals surface area contributed by atoms with Gasteiger partial charge in [0.2, 0.25) is 0 Å². The Balaban J connectivity index is 1.96. The third-order valence-electron chi connectivity index (χ3n) is 3.07. The van der Waals surface area contributed by atoms with Crippen LogP contribution in [0.4, 0.5) is 0 Å². The molecule has 0 aliphatic carbocycles. The Bertz CT molecular complexity index is 426. The zero-order valence-corrected chi connectivity index (χ0v) is 12.0. The molecule has 0 saturated carbocycles. The molecule has 1 N–H and O–H groups in total. The first kappa shape index (κ1) is 14.8. The van der Waals surface area contributed by atoms with Gasteiger partial charge in [0.25, 0.3) is 0 Å². The number of nitrogens with one attached hydrogen (secondary N) is 1. The second kappa shape index (κ2) is 8.51. The molecule has 2 heteroatoms. The van der Waals surface area contributed by atoms with Crippen molar-refractivity contribution in [3.63, 3.8) is 0 Å². The molecule has 0 unspecified atom stereocenters. The van der Waals surface area contributed by atoms with E-state index in [1.54, 1.807) is 0 Å². The van der Waals surface area contributed by atoms with Crippen molar-refractivity contribution >= 4 is 0 Å². The van der Waals surface area contributed by atoms with Gasteiger partial charge in [0.15, 0.2) is 0 Å². The Morgan fingerprint density at radius 1 is 0.850 bits per heavy atom. The normalized spacial score (nSPS) is 10.9. The number of rotatable bonds is 8. The lowest BCUT2D eigenvalue weighted by atomic mass is 10.1. The fourth-order valence-electron chi connectivity index (χ4n) is 2.07. The van der Waals surface area contributed by atoms with Crippen LogP contribution in [0.1, 0.15) is 17.5 Å². The van der Waals surface area contributed by atoms with Gasteiger partial charge in [0, 0.05) is 6.54 Å². The molecule has 0 bridgehead atoms. The molecule has 0 aliphatic rings. The quantitative estimate of drug-likeness (QED) is 0.737. The zero-order chi connectivity index (χ0) is 14.0. The Hall–Kier alpha value is -1.64. The number of benzene rings is 2. The lowest BCUT2D eigenvalue weighted by Crippen LogP contribution is -2.23. The van der Waals surface area contributed by atoms with E-state index in [4.69, 9.17) is 0 Å². The van der Waals surface area contributed by atoms with E-state index in [-0.39, 0.29) is 0 Å². The maximum absolute atomic E-state index is 3.20. The maximum Gasteiger partial charge on any atom is 0.0552 e. The van der Waals surface area contributed by atoms with E-state index >= 15 is 0 Å². The second-order valence-corrected chi connectivity index (χ2v) is 4.77. The summed E-state index contributed by atoms with van der Waals surface area (Å²) in [4.78, 5) is 2.27. The minimum absolute atomic E-state index is 1.00. The van der Waals surface area contributed by atoms with Crippen molar-refractivity contribution in [1.29, 1.82) is 0 Å². The summed E-state index contributed by atoms with van der Waals surface area (Å²) in [6.45, 7) is 6.43. The van der Waals surface area contributed by atoms with E-state index < -0.39 is 0 Å². The van der Waals surface area contributed by atoms with Crippen molar-refractivity contribution in [2.75, 3.05) is 20.1 Å². The fraction of sp³-hybridized carbons (Fsp3) is 0.222. The van der Waals surface area contributed by atoms with Crippen LogP contribution in [0.5, 0.6) is 0 Å². The monoisotopic (exact) mass is 266 g/mol. The highest BCUT2D eigenvalue weighted by molar-refractivity contribution is 5.26. The predicted octanol–water partition coefficient (Wildman–Crippen LogP) is 3.32. The summed E-state index contributed by atoms with van der Waals surface area (Å²) in [5.41, 5.74) is 2.45. The fourth-order valence-corrected chi connectivity index (χ4v) is 2.07. The summed E-state index contributed by atoms with van der Waals surface area (Å²) in [6, 6.07) is 20.9. The predicted molar refractivity (Wildman–Crippen MR) is 84.9 cm³/mol. The SMILES string of the molecule is CNCCCN([CH]c1ccccc1)[CH]c1ccccc1. The first-order chi connectivity index (χ1) is 9.88. The van der Waals surface area contributed by atoms with E-state index in [1.807, 2.05) is 19.2 Å². The van der Waals surface area contributed by atoms with Gasteiger partial charge in [-0.2, -0.15) is 0 Å². The second-order valence-electron chi connectivity index (χ2n) is 4.77. The first-order valence-corrected chi connectivity index (χ1v) is 7.08. The lowest BCUT2D eigenvalue weighted by Gasteiger charge is -2.21. The smallest absolute Gasteiger partial charge is 0.0552 e. The molecule has 0 aromatic heterocycles. The summed E-state index contributed by atoms with van der Waals surface area (Å²) < 4.78 is 0. The topological polar surface area (TPSA) is 15.3 Å². The van der Waals surface area contributed by atoms with E-state index in [9.17, 15) is 0 Å². The van der Waals surface area contributed by atoms with Gasteiger partial charge in [-0.15, -0.1) is 0 Å². The standard InChI is InChI=1S/C18H22N2/c1-19-13-8-14-20(15-17-9-4-2-5-10-17)16-18-11-6-3-7-12-18/h2-7,9-12,15-16,19H,8,13-14H2,1H3. The van der Waals surface area contributed by atoms with Crippen molar-refractivity contribution in [3.05, 3.63) is 84.9 Å². The third-order valence-corrected chi connectivity index (χ3v) is 3.07. The van der Waals surface area contributed by atoms with Crippen LogP contribution in [0.2, 0.25) is 0 Å². The molecule has 0 saturated heterocycles. The van der Waals surface area contributed by atoms with Gasteiger partial charge >= 0.3 is 0 Å². The Labute approximate surface area is 122 Å². The molecule has 2 radical (unpaired) electrons. The third kappa shape index (κ3) is 5.16. The zero-order valence-electron chi connectivity index (χ0n) is 12.0. The molecule has 2 rings (SSSR count). The Kier molecular flexibility index (Phi) is 6.28. The van der Waals surface area contributed by atoms with Gasteiger partial charge in [0.05, 0.1) is 13.1 Å². The van der Waals surface area contributed by atoms with Crippen LogP contribution in [-0.2, 0) is 0 Å². The summed E-state index contributed by atoms with van der Waals surface area (Å²) in [6.07, 6.45) is 1.11. The van der Waals surface area contributed by atoms with E-state index in [2.05, 4.69) is 71.8 Å². The molecule has 0 amide bonds. The molecule has 20 heavy (non-hydrogen) atoms. The van der Waals surface area contributed by atoms with Crippen LogP contribution in [0.25, 0.3) is 0 Å².